The highest BCUT2D eigenvalue weighted by Gasteiger charge is 2.13. The summed E-state index contributed by atoms with van der Waals surface area (Å²) < 4.78 is 1.12. The average Bonchev–Trinajstić information content (AvgIpc) is 2.30. The molecular weight excluding hydrogens is 254 g/mol. The van der Waals surface area contributed by atoms with Crippen molar-refractivity contribution in [1.82, 2.24) is 5.32 Å². The second-order valence-corrected chi connectivity index (χ2v) is 4.63. The number of hydrogen-bond donors (Lipinski definition) is 2. The number of piperazine rings is 1. The van der Waals surface area contributed by atoms with Gasteiger partial charge in [0.25, 0.3) is 0 Å². The van der Waals surface area contributed by atoms with Crippen molar-refractivity contribution < 1.29 is 0 Å². The van der Waals surface area contributed by atoms with E-state index in [0.717, 1.165) is 30.7 Å². The highest BCUT2D eigenvalue weighted by molar-refractivity contribution is 9.10. The molecule has 1 aliphatic heterocycles. The van der Waals surface area contributed by atoms with Gasteiger partial charge in [-0.1, -0.05) is 22.0 Å². The maximum absolute atomic E-state index is 5.75. The fraction of sp³-hybridized carbons (Fsp3) is 0.455. The van der Waals surface area contributed by atoms with Crippen molar-refractivity contribution in [3.8, 4) is 0 Å². The van der Waals surface area contributed by atoms with Gasteiger partial charge in [-0.3, -0.25) is 0 Å². The van der Waals surface area contributed by atoms with Crippen LogP contribution >= 0.6 is 15.9 Å². The number of anilines is 1. The van der Waals surface area contributed by atoms with Crippen molar-refractivity contribution in [2.24, 2.45) is 5.73 Å². The Hall–Kier alpha value is -0.580. The quantitative estimate of drug-likeness (QED) is 0.851. The van der Waals surface area contributed by atoms with Gasteiger partial charge in [0.1, 0.15) is 0 Å². The van der Waals surface area contributed by atoms with Crippen LogP contribution in [-0.2, 0) is 6.54 Å². The van der Waals surface area contributed by atoms with Crippen molar-refractivity contribution in [3.05, 3.63) is 28.2 Å². The van der Waals surface area contributed by atoms with Crippen LogP contribution in [0.5, 0.6) is 0 Å². The van der Waals surface area contributed by atoms with Crippen molar-refractivity contribution in [2.45, 2.75) is 6.54 Å². The molecule has 1 aromatic carbocycles. The lowest BCUT2D eigenvalue weighted by Gasteiger charge is -2.31. The predicted molar refractivity (Wildman–Crippen MR) is 67.1 cm³/mol. The number of benzene rings is 1. The van der Waals surface area contributed by atoms with Crippen molar-refractivity contribution in [3.63, 3.8) is 0 Å². The van der Waals surface area contributed by atoms with Crippen LogP contribution in [0.2, 0.25) is 0 Å². The van der Waals surface area contributed by atoms with Gasteiger partial charge < -0.3 is 16.0 Å². The first-order valence-electron chi connectivity index (χ1n) is 5.25. The summed E-state index contributed by atoms with van der Waals surface area (Å²) >= 11 is 3.51. The number of rotatable bonds is 2. The summed E-state index contributed by atoms with van der Waals surface area (Å²) in [5.41, 5.74) is 8.24. The van der Waals surface area contributed by atoms with Gasteiger partial charge in [-0.15, -0.1) is 0 Å². The van der Waals surface area contributed by atoms with Gasteiger partial charge in [-0.05, 0) is 17.7 Å². The SMILES string of the molecule is NCc1ccc(Br)cc1N1CCNCC1. The third kappa shape index (κ3) is 2.51. The molecule has 82 valence electrons. The van der Waals surface area contributed by atoms with Crippen molar-refractivity contribution >= 4 is 21.6 Å². The van der Waals surface area contributed by atoms with E-state index in [1.165, 1.54) is 11.3 Å². The summed E-state index contributed by atoms with van der Waals surface area (Å²) in [6, 6.07) is 6.31. The zero-order chi connectivity index (χ0) is 10.7. The molecule has 1 aromatic rings. The maximum atomic E-state index is 5.75. The molecule has 0 saturated carbocycles. The standard InChI is InChI=1S/C11H16BrN3/c12-10-2-1-9(8-13)11(7-10)15-5-3-14-4-6-15/h1-2,7,14H,3-6,8,13H2. The Bertz CT molecular complexity index is 335. The zero-order valence-electron chi connectivity index (χ0n) is 8.67. The van der Waals surface area contributed by atoms with E-state index in [1.807, 2.05) is 6.07 Å². The summed E-state index contributed by atoms with van der Waals surface area (Å²) in [6.45, 7) is 4.83. The van der Waals surface area contributed by atoms with Gasteiger partial charge in [0.05, 0.1) is 0 Å². The molecule has 1 aliphatic rings. The van der Waals surface area contributed by atoms with Crippen LogP contribution in [0.15, 0.2) is 22.7 Å². The molecule has 3 N–H and O–H groups in total. The minimum Gasteiger partial charge on any atom is -0.369 e. The Balaban J connectivity index is 2.27. The summed E-state index contributed by atoms with van der Waals surface area (Å²) in [5.74, 6) is 0. The van der Waals surface area contributed by atoms with Crippen LogP contribution in [0.25, 0.3) is 0 Å². The van der Waals surface area contributed by atoms with Gasteiger partial charge in [-0.25, -0.2) is 0 Å². The summed E-state index contributed by atoms with van der Waals surface area (Å²) in [7, 11) is 0. The second-order valence-electron chi connectivity index (χ2n) is 3.71. The summed E-state index contributed by atoms with van der Waals surface area (Å²) in [5, 5.41) is 3.35. The molecule has 0 atom stereocenters. The van der Waals surface area contributed by atoms with E-state index in [2.05, 4.69) is 38.3 Å². The van der Waals surface area contributed by atoms with Crippen LogP contribution in [-0.4, -0.2) is 26.2 Å². The molecule has 0 bridgehead atoms. The van der Waals surface area contributed by atoms with E-state index in [9.17, 15) is 0 Å². The molecule has 4 heteroatoms. The van der Waals surface area contributed by atoms with Crippen LogP contribution in [0.4, 0.5) is 5.69 Å². The first-order chi connectivity index (χ1) is 7.31. The highest BCUT2D eigenvalue weighted by atomic mass is 79.9. The van der Waals surface area contributed by atoms with Gasteiger partial charge >= 0.3 is 0 Å². The molecule has 3 nitrogen and oxygen atoms in total. The van der Waals surface area contributed by atoms with Crippen LogP contribution in [0.1, 0.15) is 5.56 Å². The maximum Gasteiger partial charge on any atom is 0.0423 e. The second kappa shape index (κ2) is 4.96. The van der Waals surface area contributed by atoms with E-state index in [-0.39, 0.29) is 0 Å². The summed E-state index contributed by atoms with van der Waals surface area (Å²) in [6.07, 6.45) is 0. The minimum atomic E-state index is 0.604. The van der Waals surface area contributed by atoms with Crippen molar-refractivity contribution in [2.75, 3.05) is 31.1 Å². The zero-order valence-corrected chi connectivity index (χ0v) is 10.3. The topological polar surface area (TPSA) is 41.3 Å². The lowest BCUT2D eigenvalue weighted by atomic mass is 10.1. The Morgan fingerprint density at radius 3 is 2.73 bits per heavy atom. The van der Waals surface area contributed by atoms with Crippen LogP contribution < -0.4 is 16.0 Å². The summed E-state index contributed by atoms with van der Waals surface area (Å²) in [4.78, 5) is 2.39. The average molecular weight is 270 g/mol. The lowest BCUT2D eigenvalue weighted by Crippen LogP contribution is -2.44. The van der Waals surface area contributed by atoms with Crippen LogP contribution in [0, 0.1) is 0 Å². The monoisotopic (exact) mass is 269 g/mol. The molecule has 0 aromatic heterocycles. The van der Waals surface area contributed by atoms with Crippen LogP contribution in [0.3, 0.4) is 0 Å². The van der Waals surface area contributed by atoms with E-state index < -0.39 is 0 Å². The van der Waals surface area contributed by atoms with Gasteiger partial charge in [-0.2, -0.15) is 0 Å². The number of halogens is 1. The van der Waals surface area contributed by atoms with E-state index >= 15 is 0 Å². The molecule has 0 radical (unpaired) electrons. The van der Waals surface area contributed by atoms with E-state index in [1.54, 1.807) is 0 Å². The number of nitrogens with one attached hydrogen (secondary N) is 1. The largest absolute Gasteiger partial charge is 0.369 e. The third-order valence-corrected chi connectivity index (χ3v) is 3.22. The fourth-order valence-corrected chi connectivity index (χ4v) is 2.26. The highest BCUT2D eigenvalue weighted by Crippen LogP contribution is 2.25. The minimum absolute atomic E-state index is 0.604. The van der Waals surface area contributed by atoms with Gasteiger partial charge in [0.2, 0.25) is 0 Å². The number of hydrogen-bond acceptors (Lipinski definition) is 3. The number of nitrogens with two attached hydrogens (primary N) is 1. The molecule has 0 aliphatic carbocycles. The van der Waals surface area contributed by atoms with Crippen molar-refractivity contribution in [1.29, 1.82) is 0 Å². The van der Waals surface area contributed by atoms with E-state index in [4.69, 9.17) is 5.73 Å². The molecule has 1 fully saturated rings. The first kappa shape index (κ1) is 10.9. The van der Waals surface area contributed by atoms with E-state index in [0.29, 0.717) is 6.54 Å². The first-order valence-corrected chi connectivity index (χ1v) is 6.04. The Morgan fingerprint density at radius 2 is 2.07 bits per heavy atom. The fourth-order valence-electron chi connectivity index (χ4n) is 1.91. The molecule has 0 unspecified atom stereocenters. The molecule has 1 saturated heterocycles. The molecule has 15 heavy (non-hydrogen) atoms. The molecule has 0 spiro atoms. The van der Waals surface area contributed by atoms with Gasteiger partial charge in [0.15, 0.2) is 0 Å². The Labute approximate surface area is 98.8 Å². The molecule has 0 amide bonds. The van der Waals surface area contributed by atoms with Gasteiger partial charge in [0, 0.05) is 42.9 Å². The smallest absolute Gasteiger partial charge is 0.0423 e. The lowest BCUT2D eigenvalue weighted by molar-refractivity contribution is 0.587. The molecule has 2 rings (SSSR count). The third-order valence-electron chi connectivity index (χ3n) is 2.72. The Kier molecular flexibility index (Phi) is 3.61. The predicted octanol–water partition coefficient (Wildman–Crippen LogP) is 1.32. The normalized spacial score (nSPS) is 16.8. The molecule has 1 heterocycles. The molecular formula is C11H16BrN3. The number of nitrogens with zero attached hydrogens (tertiary/aromatic N) is 1. The Morgan fingerprint density at radius 1 is 1.33 bits per heavy atom.